The summed E-state index contributed by atoms with van der Waals surface area (Å²) in [6.07, 6.45) is 0. The highest BCUT2D eigenvalue weighted by molar-refractivity contribution is 9.10. The zero-order valence-electron chi connectivity index (χ0n) is 8.65. The van der Waals surface area contributed by atoms with Crippen molar-refractivity contribution < 1.29 is 4.74 Å². The maximum absolute atomic E-state index is 8.97. The third-order valence-corrected chi connectivity index (χ3v) is 2.85. The predicted molar refractivity (Wildman–Crippen MR) is 70.4 cm³/mol. The van der Waals surface area contributed by atoms with E-state index in [1.807, 2.05) is 0 Å². The highest BCUT2D eigenvalue weighted by Gasteiger charge is 2.05. The summed E-state index contributed by atoms with van der Waals surface area (Å²) in [6, 6.07) is 14.3. The van der Waals surface area contributed by atoms with Gasteiger partial charge in [0.05, 0.1) is 5.56 Å². The fraction of sp³-hybridized carbons (Fsp3) is 0. The molecule has 0 aromatic heterocycles. The average molecular weight is 309 g/mol. The quantitative estimate of drug-likeness (QED) is 0.801. The van der Waals surface area contributed by atoms with Crippen molar-refractivity contribution in [1.82, 2.24) is 0 Å². The van der Waals surface area contributed by atoms with E-state index in [0.717, 1.165) is 4.47 Å². The normalized spacial score (nSPS) is 9.71. The number of ether oxygens (including phenoxy) is 1. The highest BCUT2D eigenvalue weighted by atomic mass is 79.9. The van der Waals surface area contributed by atoms with Crippen LogP contribution < -0.4 is 4.74 Å². The molecule has 0 amide bonds. The van der Waals surface area contributed by atoms with E-state index < -0.39 is 0 Å². The van der Waals surface area contributed by atoms with Crippen molar-refractivity contribution in [3.05, 3.63) is 57.5 Å². The standard InChI is InChI=1S/C13H7BrClNO/c14-10-2-1-9(8-16)13(7-10)17-12-5-3-11(15)4-6-12/h1-7H. The van der Waals surface area contributed by atoms with Gasteiger partial charge in [0, 0.05) is 9.50 Å². The zero-order chi connectivity index (χ0) is 12.3. The van der Waals surface area contributed by atoms with Crippen molar-refractivity contribution in [3.8, 4) is 17.6 Å². The van der Waals surface area contributed by atoms with E-state index in [1.54, 1.807) is 42.5 Å². The van der Waals surface area contributed by atoms with Crippen LogP contribution in [0.3, 0.4) is 0 Å². The minimum atomic E-state index is 0.489. The molecule has 2 nitrogen and oxygen atoms in total. The first-order valence-electron chi connectivity index (χ1n) is 4.82. The Morgan fingerprint density at radius 1 is 1.12 bits per heavy atom. The molecule has 4 heteroatoms. The second kappa shape index (κ2) is 5.22. The fourth-order valence-corrected chi connectivity index (χ4v) is 1.77. The predicted octanol–water partition coefficient (Wildman–Crippen LogP) is 4.77. The number of hydrogen-bond donors (Lipinski definition) is 0. The molecule has 0 aliphatic rings. The highest BCUT2D eigenvalue weighted by Crippen LogP contribution is 2.28. The van der Waals surface area contributed by atoms with Gasteiger partial charge in [0.1, 0.15) is 17.6 Å². The third-order valence-electron chi connectivity index (χ3n) is 2.11. The number of nitriles is 1. The Morgan fingerprint density at radius 2 is 1.82 bits per heavy atom. The number of rotatable bonds is 2. The lowest BCUT2D eigenvalue weighted by molar-refractivity contribution is 0.481. The van der Waals surface area contributed by atoms with Gasteiger partial charge in [0.2, 0.25) is 0 Å². The van der Waals surface area contributed by atoms with Crippen molar-refractivity contribution in [2.75, 3.05) is 0 Å². The van der Waals surface area contributed by atoms with Crippen LogP contribution in [-0.4, -0.2) is 0 Å². The van der Waals surface area contributed by atoms with Crippen LogP contribution in [0.15, 0.2) is 46.9 Å². The van der Waals surface area contributed by atoms with Crippen LogP contribution in [0.5, 0.6) is 11.5 Å². The monoisotopic (exact) mass is 307 g/mol. The molecule has 0 bridgehead atoms. The molecule has 0 aliphatic heterocycles. The lowest BCUT2D eigenvalue weighted by atomic mass is 10.2. The fourth-order valence-electron chi connectivity index (χ4n) is 1.30. The van der Waals surface area contributed by atoms with Crippen molar-refractivity contribution in [2.24, 2.45) is 0 Å². The Hall–Kier alpha value is -1.50. The Kier molecular flexibility index (Phi) is 3.68. The summed E-state index contributed by atoms with van der Waals surface area (Å²) in [5, 5.41) is 9.61. The van der Waals surface area contributed by atoms with Gasteiger partial charge in [-0.2, -0.15) is 5.26 Å². The van der Waals surface area contributed by atoms with Gasteiger partial charge < -0.3 is 4.74 Å². The summed E-state index contributed by atoms with van der Waals surface area (Å²) >= 11 is 9.12. The first kappa shape index (κ1) is 12.0. The molecule has 0 heterocycles. The van der Waals surface area contributed by atoms with Crippen molar-refractivity contribution in [2.45, 2.75) is 0 Å². The van der Waals surface area contributed by atoms with Crippen LogP contribution in [0.25, 0.3) is 0 Å². The van der Waals surface area contributed by atoms with Gasteiger partial charge in [-0.25, -0.2) is 0 Å². The van der Waals surface area contributed by atoms with E-state index in [-0.39, 0.29) is 0 Å². The smallest absolute Gasteiger partial charge is 0.146 e. The number of nitrogens with zero attached hydrogens (tertiary/aromatic N) is 1. The molecule has 0 unspecified atom stereocenters. The Bertz CT molecular complexity index is 575. The van der Waals surface area contributed by atoms with Crippen LogP contribution in [0.1, 0.15) is 5.56 Å². The molecule has 84 valence electrons. The molecule has 0 N–H and O–H groups in total. The minimum absolute atomic E-state index is 0.489. The maximum atomic E-state index is 8.97. The summed E-state index contributed by atoms with van der Waals surface area (Å²) in [5.74, 6) is 1.16. The van der Waals surface area contributed by atoms with Crippen LogP contribution in [-0.2, 0) is 0 Å². The van der Waals surface area contributed by atoms with E-state index in [4.69, 9.17) is 21.6 Å². The lowest BCUT2D eigenvalue weighted by Crippen LogP contribution is -1.88. The van der Waals surface area contributed by atoms with E-state index in [1.165, 1.54) is 0 Å². The van der Waals surface area contributed by atoms with Gasteiger partial charge in [-0.1, -0.05) is 27.5 Å². The third kappa shape index (κ3) is 3.00. The summed E-state index contributed by atoms with van der Waals surface area (Å²) in [6.45, 7) is 0. The second-order valence-corrected chi connectivity index (χ2v) is 4.66. The van der Waals surface area contributed by atoms with Gasteiger partial charge >= 0.3 is 0 Å². The summed E-state index contributed by atoms with van der Waals surface area (Å²) in [4.78, 5) is 0. The Balaban J connectivity index is 2.32. The van der Waals surface area contributed by atoms with Crippen LogP contribution in [0.2, 0.25) is 5.02 Å². The van der Waals surface area contributed by atoms with Crippen LogP contribution in [0, 0.1) is 11.3 Å². The van der Waals surface area contributed by atoms with E-state index in [9.17, 15) is 0 Å². The first-order chi connectivity index (χ1) is 8.19. The van der Waals surface area contributed by atoms with Crippen LogP contribution >= 0.6 is 27.5 Å². The van der Waals surface area contributed by atoms with Crippen molar-refractivity contribution in [1.29, 1.82) is 5.26 Å². The minimum Gasteiger partial charge on any atom is -0.456 e. The number of hydrogen-bond acceptors (Lipinski definition) is 2. The maximum Gasteiger partial charge on any atom is 0.146 e. The van der Waals surface area contributed by atoms with Gasteiger partial charge in [0.25, 0.3) is 0 Å². The SMILES string of the molecule is N#Cc1ccc(Br)cc1Oc1ccc(Cl)cc1. The first-order valence-corrected chi connectivity index (χ1v) is 5.99. The lowest BCUT2D eigenvalue weighted by Gasteiger charge is -2.07. The molecule has 2 rings (SSSR count). The average Bonchev–Trinajstić information content (AvgIpc) is 2.32. The van der Waals surface area contributed by atoms with E-state index >= 15 is 0 Å². The molecule has 0 radical (unpaired) electrons. The molecule has 0 saturated heterocycles. The summed E-state index contributed by atoms with van der Waals surface area (Å²) < 4.78 is 6.49. The molecule has 0 saturated carbocycles. The van der Waals surface area contributed by atoms with Gasteiger partial charge in [-0.15, -0.1) is 0 Å². The van der Waals surface area contributed by atoms with Gasteiger partial charge in [-0.05, 0) is 42.5 Å². The topological polar surface area (TPSA) is 33.0 Å². The molecule has 0 atom stereocenters. The molecule has 2 aromatic carbocycles. The summed E-state index contributed by atoms with van der Waals surface area (Å²) in [7, 11) is 0. The second-order valence-electron chi connectivity index (χ2n) is 3.31. The number of halogens is 2. The number of benzene rings is 2. The van der Waals surface area contributed by atoms with Crippen molar-refractivity contribution >= 4 is 27.5 Å². The Labute approximate surface area is 113 Å². The molecule has 0 aliphatic carbocycles. The van der Waals surface area contributed by atoms with E-state index in [0.29, 0.717) is 22.1 Å². The molecule has 0 spiro atoms. The van der Waals surface area contributed by atoms with Gasteiger partial charge in [-0.3, -0.25) is 0 Å². The Morgan fingerprint density at radius 3 is 2.47 bits per heavy atom. The molecule has 2 aromatic rings. The zero-order valence-corrected chi connectivity index (χ0v) is 11.0. The van der Waals surface area contributed by atoms with Crippen LogP contribution in [0.4, 0.5) is 0 Å². The van der Waals surface area contributed by atoms with Gasteiger partial charge in [0.15, 0.2) is 0 Å². The molecular weight excluding hydrogens is 302 g/mol. The van der Waals surface area contributed by atoms with E-state index in [2.05, 4.69) is 22.0 Å². The summed E-state index contributed by atoms with van der Waals surface area (Å²) in [5.41, 5.74) is 0.489. The molecular formula is C13H7BrClNO. The van der Waals surface area contributed by atoms with Crippen molar-refractivity contribution in [3.63, 3.8) is 0 Å². The molecule has 0 fully saturated rings. The molecule has 17 heavy (non-hydrogen) atoms. The largest absolute Gasteiger partial charge is 0.456 e.